The highest BCUT2D eigenvalue weighted by molar-refractivity contribution is 7.89. The molecule has 0 amide bonds. The fourth-order valence-electron chi connectivity index (χ4n) is 2.18. The van der Waals surface area contributed by atoms with E-state index in [0.29, 0.717) is 38.4 Å². The second kappa shape index (κ2) is 7.31. The molecule has 1 aromatic rings. The Bertz CT molecular complexity index is 572. The van der Waals surface area contributed by atoms with E-state index in [2.05, 4.69) is 5.32 Å². The average molecular weight is 316 g/mol. The lowest BCUT2D eigenvalue weighted by Gasteiger charge is -2.26. The summed E-state index contributed by atoms with van der Waals surface area (Å²) in [6.07, 6.45) is 0.938. The summed E-state index contributed by atoms with van der Waals surface area (Å²) in [4.78, 5) is 0.138. The first kappa shape index (κ1) is 16.4. The SMILES string of the molecule is CCCNCc1cc(S(=O)(=O)N2CCOCC2)ccc1F. The number of nitrogens with one attached hydrogen (secondary N) is 1. The van der Waals surface area contributed by atoms with Crippen molar-refractivity contribution in [2.75, 3.05) is 32.8 Å². The van der Waals surface area contributed by atoms with Crippen LogP contribution in [0.15, 0.2) is 23.1 Å². The Morgan fingerprint density at radius 2 is 2.05 bits per heavy atom. The molecule has 0 unspecified atom stereocenters. The van der Waals surface area contributed by atoms with Crippen molar-refractivity contribution in [3.63, 3.8) is 0 Å². The molecule has 1 saturated heterocycles. The Labute approximate surface area is 125 Å². The van der Waals surface area contributed by atoms with E-state index >= 15 is 0 Å². The molecule has 0 bridgehead atoms. The number of hydrogen-bond donors (Lipinski definition) is 1. The molecular weight excluding hydrogens is 295 g/mol. The van der Waals surface area contributed by atoms with E-state index in [9.17, 15) is 12.8 Å². The van der Waals surface area contributed by atoms with Crippen molar-refractivity contribution in [3.8, 4) is 0 Å². The molecule has 1 aromatic carbocycles. The van der Waals surface area contributed by atoms with Gasteiger partial charge < -0.3 is 10.1 Å². The molecule has 7 heteroatoms. The van der Waals surface area contributed by atoms with Crippen LogP contribution < -0.4 is 5.32 Å². The summed E-state index contributed by atoms with van der Waals surface area (Å²) in [7, 11) is -3.57. The fourth-order valence-corrected chi connectivity index (χ4v) is 3.64. The van der Waals surface area contributed by atoms with E-state index in [1.807, 2.05) is 6.92 Å². The first-order valence-corrected chi connectivity index (χ1v) is 8.56. The second-order valence-electron chi connectivity index (χ2n) is 4.95. The van der Waals surface area contributed by atoms with Gasteiger partial charge in [0.25, 0.3) is 0 Å². The number of benzene rings is 1. The number of hydrogen-bond acceptors (Lipinski definition) is 4. The van der Waals surface area contributed by atoms with Crippen LogP contribution in [0.25, 0.3) is 0 Å². The predicted molar refractivity (Wildman–Crippen MR) is 78.0 cm³/mol. The van der Waals surface area contributed by atoms with Crippen molar-refractivity contribution in [3.05, 3.63) is 29.6 Å². The summed E-state index contributed by atoms with van der Waals surface area (Å²) in [5, 5.41) is 3.08. The van der Waals surface area contributed by atoms with Crippen LogP contribution >= 0.6 is 0 Å². The van der Waals surface area contributed by atoms with Crippen LogP contribution in [0.1, 0.15) is 18.9 Å². The number of morpholine rings is 1. The molecule has 1 N–H and O–H groups in total. The normalized spacial score (nSPS) is 17.0. The van der Waals surface area contributed by atoms with Crippen molar-refractivity contribution >= 4 is 10.0 Å². The average Bonchev–Trinajstić information content (AvgIpc) is 2.50. The van der Waals surface area contributed by atoms with Gasteiger partial charge in [-0.1, -0.05) is 6.92 Å². The van der Waals surface area contributed by atoms with Crippen LogP contribution in [-0.2, 0) is 21.3 Å². The standard InChI is InChI=1S/C14H21FN2O3S/c1-2-5-16-11-12-10-13(3-4-14(12)15)21(18,19)17-6-8-20-9-7-17/h3-4,10,16H,2,5-9,11H2,1H3. The van der Waals surface area contributed by atoms with Gasteiger partial charge in [-0.2, -0.15) is 4.31 Å². The molecule has 0 spiro atoms. The van der Waals surface area contributed by atoms with Crippen LogP contribution in [0.2, 0.25) is 0 Å². The van der Waals surface area contributed by atoms with E-state index in [4.69, 9.17) is 4.74 Å². The number of halogens is 1. The Kier molecular flexibility index (Phi) is 5.69. The van der Waals surface area contributed by atoms with Crippen LogP contribution in [0.4, 0.5) is 4.39 Å². The fraction of sp³-hybridized carbons (Fsp3) is 0.571. The molecule has 1 heterocycles. The molecule has 0 aliphatic carbocycles. The van der Waals surface area contributed by atoms with Gasteiger partial charge in [-0.15, -0.1) is 0 Å². The highest BCUT2D eigenvalue weighted by atomic mass is 32.2. The number of nitrogens with zero attached hydrogens (tertiary/aromatic N) is 1. The maximum absolute atomic E-state index is 13.8. The third kappa shape index (κ3) is 4.00. The minimum atomic E-state index is -3.57. The number of rotatable bonds is 6. The summed E-state index contributed by atoms with van der Waals surface area (Å²) in [5.74, 6) is -0.389. The van der Waals surface area contributed by atoms with Crippen LogP contribution in [-0.4, -0.2) is 45.6 Å². The largest absolute Gasteiger partial charge is 0.379 e. The number of sulfonamides is 1. The maximum atomic E-state index is 13.8. The molecule has 2 rings (SSSR count). The van der Waals surface area contributed by atoms with Gasteiger partial charge >= 0.3 is 0 Å². The summed E-state index contributed by atoms with van der Waals surface area (Å²) < 4.78 is 45.3. The topological polar surface area (TPSA) is 58.6 Å². The highest BCUT2D eigenvalue weighted by Crippen LogP contribution is 2.20. The van der Waals surface area contributed by atoms with Crippen LogP contribution in [0, 0.1) is 5.82 Å². The lowest BCUT2D eigenvalue weighted by molar-refractivity contribution is 0.0730. The molecule has 118 valence electrons. The van der Waals surface area contributed by atoms with Gasteiger partial charge in [0.05, 0.1) is 18.1 Å². The van der Waals surface area contributed by atoms with Gasteiger partial charge in [0.1, 0.15) is 5.82 Å². The molecule has 21 heavy (non-hydrogen) atoms. The van der Waals surface area contributed by atoms with Crippen molar-refractivity contribution in [2.45, 2.75) is 24.8 Å². The van der Waals surface area contributed by atoms with Gasteiger partial charge in [-0.05, 0) is 31.2 Å². The van der Waals surface area contributed by atoms with Crippen LogP contribution in [0.3, 0.4) is 0 Å². The summed E-state index contributed by atoms with van der Waals surface area (Å²) in [6.45, 7) is 4.57. The van der Waals surface area contributed by atoms with E-state index < -0.39 is 10.0 Å². The quantitative estimate of drug-likeness (QED) is 0.805. The van der Waals surface area contributed by atoms with Crippen molar-refractivity contribution in [2.24, 2.45) is 0 Å². The monoisotopic (exact) mass is 316 g/mol. The summed E-state index contributed by atoms with van der Waals surface area (Å²) in [5.41, 5.74) is 0.373. The van der Waals surface area contributed by atoms with Crippen molar-refractivity contribution in [1.82, 2.24) is 9.62 Å². The first-order chi connectivity index (χ1) is 10.1. The molecule has 1 fully saturated rings. The Hall–Kier alpha value is -1.02. The van der Waals surface area contributed by atoms with E-state index in [1.165, 1.54) is 22.5 Å². The zero-order chi connectivity index (χ0) is 15.3. The molecule has 0 saturated carbocycles. The molecule has 0 radical (unpaired) electrons. The van der Waals surface area contributed by atoms with Gasteiger partial charge in [0.2, 0.25) is 10.0 Å². The third-order valence-corrected chi connectivity index (χ3v) is 5.26. The molecule has 5 nitrogen and oxygen atoms in total. The van der Waals surface area contributed by atoms with Crippen LogP contribution in [0.5, 0.6) is 0 Å². The minimum absolute atomic E-state index is 0.138. The Morgan fingerprint density at radius 1 is 1.33 bits per heavy atom. The summed E-state index contributed by atoms with van der Waals surface area (Å²) in [6, 6.07) is 3.96. The first-order valence-electron chi connectivity index (χ1n) is 7.12. The lowest BCUT2D eigenvalue weighted by Crippen LogP contribution is -2.40. The van der Waals surface area contributed by atoms with E-state index in [1.54, 1.807) is 0 Å². The zero-order valence-corrected chi connectivity index (χ0v) is 13.0. The van der Waals surface area contributed by atoms with Crippen molar-refractivity contribution < 1.29 is 17.5 Å². The minimum Gasteiger partial charge on any atom is -0.379 e. The lowest BCUT2D eigenvalue weighted by atomic mass is 10.2. The molecular formula is C14H21FN2O3S. The molecule has 1 aliphatic rings. The summed E-state index contributed by atoms with van der Waals surface area (Å²) >= 11 is 0. The molecule has 0 atom stereocenters. The second-order valence-corrected chi connectivity index (χ2v) is 6.88. The third-order valence-electron chi connectivity index (χ3n) is 3.37. The van der Waals surface area contributed by atoms with Gasteiger partial charge in [-0.3, -0.25) is 0 Å². The Morgan fingerprint density at radius 3 is 2.71 bits per heavy atom. The molecule has 1 aliphatic heterocycles. The van der Waals surface area contributed by atoms with E-state index in [-0.39, 0.29) is 10.7 Å². The van der Waals surface area contributed by atoms with E-state index in [0.717, 1.165) is 13.0 Å². The predicted octanol–water partition coefficient (Wildman–Crippen LogP) is 1.35. The maximum Gasteiger partial charge on any atom is 0.243 e. The van der Waals surface area contributed by atoms with Gasteiger partial charge in [0.15, 0.2) is 0 Å². The smallest absolute Gasteiger partial charge is 0.243 e. The molecule has 0 aromatic heterocycles. The van der Waals surface area contributed by atoms with Gasteiger partial charge in [-0.25, -0.2) is 12.8 Å². The number of ether oxygens (including phenoxy) is 1. The highest BCUT2D eigenvalue weighted by Gasteiger charge is 2.26. The van der Waals surface area contributed by atoms with Gasteiger partial charge in [0, 0.05) is 25.2 Å². The van der Waals surface area contributed by atoms with Crippen molar-refractivity contribution in [1.29, 1.82) is 0 Å². The zero-order valence-electron chi connectivity index (χ0n) is 12.1. The Balaban J connectivity index is 2.20.